The van der Waals surface area contributed by atoms with E-state index in [-0.39, 0.29) is 11.8 Å². The Morgan fingerprint density at radius 1 is 1.14 bits per heavy atom. The predicted octanol–water partition coefficient (Wildman–Crippen LogP) is 3.43. The van der Waals surface area contributed by atoms with Gasteiger partial charge in [0.1, 0.15) is 11.9 Å². The molecule has 1 atom stereocenters. The molecule has 1 fully saturated rings. The first-order chi connectivity index (χ1) is 10.7. The predicted molar refractivity (Wildman–Crippen MR) is 82.1 cm³/mol. The Bertz CT molecular complexity index is 648. The Morgan fingerprint density at radius 3 is 2.64 bits per heavy atom. The van der Waals surface area contributed by atoms with Crippen molar-refractivity contribution in [1.82, 2.24) is 4.90 Å². The highest BCUT2D eigenvalue weighted by atomic mass is 19.1. The second-order valence-corrected chi connectivity index (χ2v) is 5.12. The molecule has 22 heavy (non-hydrogen) atoms. The molecule has 1 unspecified atom stereocenters. The summed E-state index contributed by atoms with van der Waals surface area (Å²) in [7, 11) is 0. The molecule has 4 nitrogen and oxygen atoms in total. The SMILES string of the molecule is O=C(Nc1ccccc1)N1CCOC(c2ccccc2F)C1. The molecule has 0 spiro atoms. The molecule has 3 rings (SSSR count). The van der Waals surface area contributed by atoms with E-state index >= 15 is 0 Å². The van der Waals surface area contributed by atoms with Gasteiger partial charge in [-0.2, -0.15) is 0 Å². The van der Waals surface area contributed by atoms with Gasteiger partial charge >= 0.3 is 6.03 Å². The average Bonchev–Trinajstić information content (AvgIpc) is 2.56. The normalized spacial score (nSPS) is 18.0. The molecule has 0 aromatic heterocycles. The van der Waals surface area contributed by atoms with Gasteiger partial charge in [0.15, 0.2) is 0 Å². The molecule has 114 valence electrons. The van der Waals surface area contributed by atoms with Crippen molar-refractivity contribution >= 4 is 11.7 Å². The molecule has 0 aliphatic carbocycles. The van der Waals surface area contributed by atoms with E-state index < -0.39 is 6.10 Å². The molecule has 1 N–H and O–H groups in total. The summed E-state index contributed by atoms with van der Waals surface area (Å²) in [4.78, 5) is 13.9. The van der Waals surface area contributed by atoms with Crippen LogP contribution >= 0.6 is 0 Å². The van der Waals surface area contributed by atoms with Gasteiger partial charge in [0.05, 0.1) is 13.2 Å². The Hall–Kier alpha value is -2.40. The van der Waals surface area contributed by atoms with Crippen LogP contribution in [0.5, 0.6) is 0 Å². The highest BCUT2D eigenvalue weighted by Gasteiger charge is 2.27. The van der Waals surface area contributed by atoms with E-state index in [1.807, 2.05) is 30.3 Å². The van der Waals surface area contributed by atoms with Crippen LogP contribution in [0.4, 0.5) is 14.9 Å². The number of benzene rings is 2. The van der Waals surface area contributed by atoms with Gasteiger partial charge in [0.2, 0.25) is 0 Å². The molecule has 2 amide bonds. The number of hydrogen-bond donors (Lipinski definition) is 1. The molecule has 1 aliphatic rings. The maximum Gasteiger partial charge on any atom is 0.322 e. The van der Waals surface area contributed by atoms with E-state index in [1.165, 1.54) is 6.07 Å². The zero-order valence-corrected chi connectivity index (χ0v) is 12.0. The van der Waals surface area contributed by atoms with Crippen LogP contribution in [-0.2, 0) is 4.74 Å². The molecule has 0 saturated carbocycles. The number of halogens is 1. The Kier molecular flexibility index (Phi) is 4.34. The summed E-state index contributed by atoms with van der Waals surface area (Å²) in [6.07, 6.45) is -0.434. The first-order valence-corrected chi connectivity index (χ1v) is 7.21. The van der Waals surface area contributed by atoms with Gasteiger partial charge in [-0.05, 0) is 18.2 Å². The molecule has 2 aromatic carbocycles. The molecule has 1 aliphatic heterocycles. The van der Waals surface area contributed by atoms with Crippen molar-refractivity contribution in [1.29, 1.82) is 0 Å². The Labute approximate surface area is 128 Å². The number of anilines is 1. The molecule has 2 aromatic rings. The molecule has 1 saturated heterocycles. The number of amides is 2. The minimum Gasteiger partial charge on any atom is -0.370 e. The van der Waals surface area contributed by atoms with Crippen LogP contribution in [0.3, 0.4) is 0 Å². The van der Waals surface area contributed by atoms with Gasteiger partial charge in [-0.3, -0.25) is 0 Å². The zero-order valence-electron chi connectivity index (χ0n) is 12.0. The lowest BCUT2D eigenvalue weighted by molar-refractivity contribution is -0.0152. The number of urea groups is 1. The van der Waals surface area contributed by atoms with Crippen molar-refractivity contribution in [3.63, 3.8) is 0 Å². The van der Waals surface area contributed by atoms with Gasteiger partial charge in [-0.25, -0.2) is 9.18 Å². The lowest BCUT2D eigenvalue weighted by Gasteiger charge is -2.33. The number of ether oxygens (including phenoxy) is 1. The number of carbonyl (C=O) groups excluding carboxylic acids is 1. The molecular formula is C17H17FN2O2. The van der Waals surface area contributed by atoms with Gasteiger partial charge in [-0.15, -0.1) is 0 Å². The molecule has 0 radical (unpaired) electrons. The van der Waals surface area contributed by atoms with Crippen LogP contribution in [0.15, 0.2) is 54.6 Å². The first-order valence-electron chi connectivity index (χ1n) is 7.21. The fraction of sp³-hybridized carbons (Fsp3) is 0.235. The highest BCUT2D eigenvalue weighted by Crippen LogP contribution is 2.24. The summed E-state index contributed by atoms with van der Waals surface area (Å²) in [5, 5.41) is 2.84. The molecule has 5 heteroatoms. The minimum atomic E-state index is -0.434. The van der Waals surface area contributed by atoms with E-state index in [2.05, 4.69) is 5.32 Å². The lowest BCUT2D eigenvalue weighted by Crippen LogP contribution is -2.44. The summed E-state index contributed by atoms with van der Waals surface area (Å²) >= 11 is 0. The van der Waals surface area contributed by atoms with Crippen molar-refractivity contribution in [2.45, 2.75) is 6.10 Å². The third-order valence-corrected chi connectivity index (χ3v) is 3.63. The fourth-order valence-corrected chi connectivity index (χ4v) is 2.48. The number of morpholine rings is 1. The third kappa shape index (κ3) is 3.26. The van der Waals surface area contributed by atoms with Crippen LogP contribution in [-0.4, -0.2) is 30.6 Å². The topological polar surface area (TPSA) is 41.6 Å². The van der Waals surface area contributed by atoms with E-state index in [0.717, 1.165) is 5.69 Å². The summed E-state index contributed by atoms with van der Waals surface area (Å²) < 4.78 is 19.5. The molecular weight excluding hydrogens is 283 g/mol. The van der Waals surface area contributed by atoms with Gasteiger partial charge in [0, 0.05) is 17.8 Å². The van der Waals surface area contributed by atoms with Gasteiger partial charge in [0.25, 0.3) is 0 Å². The van der Waals surface area contributed by atoms with Crippen molar-refractivity contribution in [3.05, 3.63) is 66.0 Å². The maximum atomic E-state index is 13.9. The second kappa shape index (κ2) is 6.58. The van der Waals surface area contributed by atoms with Crippen LogP contribution in [0.1, 0.15) is 11.7 Å². The summed E-state index contributed by atoms with van der Waals surface area (Å²) in [5.74, 6) is -0.308. The van der Waals surface area contributed by atoms with Crippen molar-refractivity contribution in [2.24, 2.45) is 0 Å². The number of nitrogens with one attached hydrogen (secondary N) is 1. The maximum absolute atomic E-state index is 13.9. The third-order valence-electron chi connectivity index (χ3n) is 3.63. The average molecular weight is 300 g/mol. The quantitative estimate of drug-likeness (QED) is 0.923. The van der Waals surface area contributed by atoms with Crippen molar-refractivity contribution in [3.8, 4) is 0 Å². The summed E-state index contributed by atoms with van der Waals surface area (Å²) in [5.41, 5.74) is 1.22. The summed E-state index contributed by atoms with van der Waals surface area (Å²) in [6, 6.07) is 15.6. The molecule has 1 heterocycles. The van der Waals surface area contributed by atoms with E-state index in [1.54, 1.807) is 23.1 Å². The fourth-order valence-electron chi connectivity index (χ4n) is 2.48. The van der Waals surface area contributed by atoms with Crippen LogP contribution in [0.2, 0.25) is 0 Å². The Balaban J connectivity index is 1.68. The standard InChI is InChI=1S/C17H17FN2O2/c18-15-9-5-4-8-14(15)16-12-20(10-11-22-16)17(21)19-13-6-2-1-3-7-13/h1-9,16H,10-12H2,(H,19,21). The van der Waals surface area contributed by atoms with Crippen molar-refractivity contribution in [2.75, 3.05) is 25.0 Å². The number of rotatable bonds is 2. The minimum absolute atomic E-state index is 0.198. The number of nitrogens with zero attached hydrogens (tertiary/aromatic N) is 1. The summed E-state index contributed by atoms with van der Waals surface area (Å²) in [6.45, 7) is 1.21. The Morgan fingerprint density at radius 2 is 1.86 bits per heavy atom. The van der Waals surface area contributed by atoms with Gasteiger partial charge in [-0.1, -0.05) is 36.4 Å². The lowest BCUT2D eigenvalue weighted by atomic mass is 10.1. The van der Waals surface area contributed by atoms with Crippen LogP contribution in [0, 0.1) is 5.82 Å². The van der Waals surface area contributed by atoms with Crippen LogP contribution in [0.25, 0.3) is 0 Å². The van der Waals surface area contributed by atoms with E-state index in [9.17, 15) is 9.18 Å². The number of carbonyl (C=O) groups is 1. The van der Waals surface area contributed by atoms with E-state index in [0.29, 0.717) is 25.3 Å². The van der Waals surface area contributed by atoms with Crippen LogP contribution < -0.4 is 5.32 Å². The highest BCUT2D eigenvalue weighted by molar-refractivity contribution is 5.89. The monoisotopic (exact) mass is 300 g/mol. The van der Waals surface area contributed by atoms with E-state index in [4.69, 9.17) is 4.74 Å². The largest absolute Gasteiger partial charge is 0.370 e. The smallest absolute Gasteiger partial charge is 0.322 e. The number of hydrogen-bond acceptors (Lipinski definition) is 2. The van der Waals surface area contributed by atoms with Gasteiger partial charge < -0.3 is 15.0 Å². The molecule has 0 bridgehead atoms. The second-order valence-electron chi connectivity index (χ2n) is 5.12. The number of para-hydroxylation sites is 1. The van der Waals surface area contributed by atoms with Crippen molar-refractivity contribution < 1.29 is 13.9 Å². The first kappa shape index (κ1) is 14.5. The zero-order chi connectivity index (χ0) is 15.4.